The van der Waals surface area contributed by atoms with Crippen LogP contribution in [0.3, 0.4) is 0 Å². The third kappa shape index (κ3) is 6.63. The molecule has 2 unspecified atom stereocenters. The summed E-state index contributed by atoms with van der Waals surface area (Å²) >= 11 is 0. The minimum atomic E-state index is -3.97. The molecule has 2 N–H and O–H groups in total. The highest BCUT2D eigenvalue weighted by Crippen LogP contribution is 2.29. The Kier molecular flexibility index (Phi) is 8.70. The van der Waals surface area contributed by atoms with E-state index in [1.54, 1.807) is 6.92 Å². The molecule has 3 aromatic rings. The van der Waals surface area contributed by atoms with E-state index < -0.39 is 16.1 Å². The summed E-state index contributed by atoms with van der Waals surface area (Å²) < 4.78 is 43.9. The van der Waals surface area contributed by atoms with Crippen LogP contribution >= 0.6 is 0 Å². The zero-order valence-electron chi connectivity index (χ0n) is 20.8. The summed E-state index contributed by atoms with van der Waals surface area (Å²) in [6, 6.07) is 14.7. The fraction of sp³-hybridized carbons (Fsp3) is 0.320. The highest BCUT2D eigenvalue weighted by molar-refractivity contribution is 7.92. The van der Waals surface area contributed by atoms with Gasteiger partial charge in [0, 0.05) is 11.8 Å². The molecule has 2 atom stereocenters. The van der Waals surface area contributed by atoms with Gasteiger partial charge in [0.15, 0.2) is 11.9 Å². The average molecular weight is 515 g/mol. The first-order valence-electron chi connectivity index (χ1n) is 11.3. The highest BCUT2D eigenvalue weighted by Gasteiger charge is 2.20. The first-order chi connectivity index (χ1) is 17.2. The average Bonchev–Trinajstić information content (AvgIpc) is 2.88. The Bertz CT molecular complexity index is 1280. The van der Waals surface area contributed by atoms with E-state index >= 15 is 0 Å². The number of benzene rings is 2. The van der Waals surface area contributed by atoms with Crippen LogP contribution in [0.15, 0.2) is 59.5 Å². The van der Waals surface area contributed by atoms with Gasteiger partial charge in [-0.25, -0.2) is 8.42 Å². The molecule has 1 heterocycles. The molecule has 3 rings (SSSR count). The Balaban J connectivity index is 1.68. The van der Waals surface area contributed by atoms with Crippen molar-refractivity contribution >= 4 is 27.4 Å². The zero-order chi connectivity index (χ0) is 26.3. The molecule has 0 aliphatic rings. The summed E-state index contributed by atoms with van der Waals surface area (Å²) in [5.74, 6) is 0.729. The number of anilines is 2. The Morgan fingerprint density at radius 3 is 2.33 bits per heavy atom. The Labute approximate surface area is 211 Å². The molecule has 192 valence electrons. The number of aromatic nitrogens is 2. The van der Waals surface area contributed by atoms with Crippen LogP contribution < -0.4 is 24.2 Å². The van der Waals surface area contributed by atoms with Gasteiger partial charge in [0.2, 0.25) is 5.88 Å². The first-order valence-corrected chi connectivity index (χ1v) is 12.8. The van der Waals surface area contributed by atoms with E-state index in [9.17, 15) is 13.2 Å². The monoisotopic (exact) mass is 514 g/mol. The fourth-order valence-corrected chi connectivity index (χ4v) is 4.26. The molecule has 0 radical (unpaired) electrons. The minimum absolute atomic E-state index is 0.0141. The van der Waals surface area contributed by atoms with E-state index in [0.29, 0.717) is 17.4 Å². The zero-order valence-corrected chi connectivity index (χ0v) is 21.6. The predicted octanol–water partition coefficient (Wildman–Crippen LogP) is 4.21. The third-order valence-corrected chi connectivity index (χ3v) is 6.85. The smallest absolute Gasteiger partial charge is 0.321 e. The molecule has 0 saturated carbocycles. The number of carbonyl (C=O) groups excluding carboxylic acids is 1. The lowest BCUT2D eigenvalue weighted by Crippen LogP contribution is -2.30. The molecule has 0 spiro atoms. The molecule has 10 nitrogen and oxygen atoms in total. The number of sulfonamides is 1. The number of methoxy groups -OCH3 is 2. The van der Waals surface area contributed by atoms with Crippen LogP contribution in [0.1, 0.15) is 38.7 Å². The van der Waals surface area contributed by atoms with Crippen LogP contribution in [-0.4, -0.2) is 44.6 Å². The number of rotatable bonds is 11. The Hall–Kier alpha value is -3.86. The van der Waals surface area contributed by atoms with Crippen LogP contribution in [0.25, 0.3) is 0 Å². The van der Waals surface area contributed by atoms with Crippen molar-refractivity contribution in [1.82, 2.24) is 9.97 Å². The van der Waals surface area contributed by atoms with Gasteiger partial charge in [0.25, 0.3) is 15.9 Å². The molecule has 1 amide bonds. The van der Waals surface area contributed by atoms with E-state index in [0.717, 1.165) is 12.0 Å². The Morgan fingerprint density at radius 1 is 1.00 bits per heavy atom. The van der Waals surface area contributed by atoms with Gasteiger partial charge < -0.3 is 19.5 Å². The van der Waals surface area contributed by atoms with Crippen LogP contribution in [0, 0.1) is 0 Å². The number of nitrogens with zero attached hydrogens (tertiary/aromatic N) is 2. The molecule has 0 bridgehead atoms. The summed E-state index contributed by atoms with van der Waals surface area (Å²) in [4.78, 5) is 20.6. The maximum Gasteiger partial charge on any atom is 0.321 e. The van der Waals surface area contributed by atoms with Crippen LogP contribution in [0.4, 0.5) is 11.5 Å². The minimum Gasteiger partial charge on any atom is -0.481 e. The second-order valence-corrected chi connectivity index (χ2v) is 9.69. The normalized spacial score (nSPS) is 12.8. The molecule has 0 fully saturated rings. The van der Waals surface area contributed by atoms with Crippen LogP contribution in [0.2, 0.25) is 0 Å². The summed E-state index contributed by atoms with van der Waals surface area (Å²) in [6.45, 7) is 5.86. The fourth-order valence-electron chi connectivity index (χ4n) is 3.27. The predicted molar refractivity (Wildman–Crippen MR) is 136 cm³/mol. The lowest BCUT2D eigenvalue weighted by Gasteiger charge is -2.19. The largest absolute Gasteiger partial charge is 0.481 e. The van der Waals surface area contributed by atoms with Gasteiger partial charge in [-0.15, -0.1) is 0 Å². The number of amides is 1. The van der Waals surface area contributed by atoms with Gasteiger partial charge in [0.05, 0.1) is 19.1 Å². The number of carbonyl (C=O) groups is 1. The van der Waals surface area contributed by atoms with Gasteiger partial charge in [0.1, 0.15) is 5.75 Å². The van der Waals surface area contributed by atoms with Crippen molar-refractivity contribution in [2.75, 3.05) is 24.3 Å². The maximum atomic E-state index is 12.8. The second-order valence-electron chi connectivity index (χ2n) is 8.01. The van der Waals surface area contributed by atoms with Crippen molar-refractivity contribution in [2.24, 2.45) is 0 Å². The standard InChI is InChI=1S/C25H30N4O6S/c1-6-16(2)20-9-7-8-10-21(20)35-17(3)24(30)26-18-11-13-19(14-12-18)36(31,32)29-22-15-23(33-4)28-25(27-22)34-5/h7-17H,6H2,1-5H3,(H,26,30)(H,27,28,29). The van der Waals surface area contributed by atoms with E-state index in [2.05, 4.69) is 33.9 Å². The van der Waals surface area contributed by atoms with E-state index in [1.165, 1.54) is 44.6 Å². The summed E-state index contributed by atoms with van der Waals surface area (Å²) in [5, 5.41) is 2.75. The second kappa shape index (κ2) is 11.7. The topological polar surface area (TPSA) is 129 Å². The van der Waals surface area contributed by atoms with Crippen LogP contribution in [-0.2, 0) is 14.8 Å². The highest BCUT2D eigenvalue weighted by atomic mass is 32.2. The van der Waals surface area contributed by atoms with Gasteiger partial charge in [-0.2, -0.15) is 9.97 Å². The molecule has 11 heteroatoms. The van der Waals surface area contributed by atoms with Crippen molar-refractivity contribution in [1.29, 1.82) is 0 Å². The van der Waals surface area contributed by atoms with Crippen molar-refractivity contribution in [3.05, 3.63) is 60.2 Å². The lowest BCUT2D eigenvalue weighted by molar-refractivity contribution is -0.122. The van der Waals surface area contributed by atoms with Crippen molar-refractivity contribution in [2.45, 2.75) is 44.1 Å². The first kappa shape index (κ1) is 26.7. The number of para-hydroxylation sites is 1. The Morgan fingerprint density at radius 2 is 1.69 bits per heavy atom. The van der Waals surface area contributed by atoms with E-state index in [1.807, 2.05) is 24.3 Å². The van der Waals surface area contributed by atoms with Crippen molar-refractivity contribution in [3.63, 3.8) is 0 Å². The summed E-state index contributed by atoms with van der Waals surface area (Å²) in [6.07, 6.45) is 0.187. The van der Waals surface area contributed by atoms with Crippen LogP contribution in [0.5, 0.6) is 17.6 Å². The molecule has 2 aromatic carbocycles. The van der Waals surface area contributed by atoms with Gasteiger partial charge >= 0.3 is 6.01 Å². The molecule has 0 aliphatic carbocycles. The van der Waals surface area contributed by atoms with Gasteiger partial charge in [-0.1, -0.05) is 32.0 Å². The van der Waals surface area contributed by atoms with E-state index in [-0.39, 0.29) is 28.5 Å². The summed E-state index contributed by atoms with van der Waals surface area (Å²) in [7, 11) is -1.22. The van der Waals surface area contributed by atoms with Gasteiger partial charge in [-0.05, 0) is 55.2 Å². The maximum absolute atomic E-state index is 12.8. The molecular weight excluding hydrogens is 484 g/mol. The number of nitrogens with one attached hydrogen (secondary N) is 2. The molecule has 36 heavy (non-hydrogen) atoms. The van der Waals surface area contributed by atoms with Crippen molar-refractivity contribution < 1.29 is 27.4 Å². The van der Waals surface area contributed by atoms with E-state index in [4.69, 9.17) is 14.2 Å². The number of hydrogen-bond donors (Lipinski definition) is 2. The lowest BCUT2D eigenvalue weighted by atomic mass is 9.98. The number of hydrogen-bond acceptors (Lipinski definition) is 8. The van der Waals surface area contributed by atoms with Gasteiger partial charge in [-0.3, -0.25) is 9.52 Å². The molecule has 0 saturated heterocycles. The third-order valence-electron chi connectivity index (χ3n) is 5.48. The number of ether oxygens (including phenoxy) is 3. The molecule has 0 aliphatic heterocycles. The molecular formula is C25H30N4O6S. The summed E-state index contributed by atoms with van der Waals surface area (Å²) in [5.41, 5.74) is 1.47. The quantitative estimate of drug-likeness (QED) is 0.389. The molecule has 1 aromatic heterocycles. The SMILES string of the molecule is CCC(C)c1ccccc1OC(C)C(=O)Nc1ccc(S(=O)(=O)Nc2cc(OC)nc(OC)n2)cc1. The van der Waals surface area contributed by atoms with Crippen molar-refractivity contribution in [3.8, 4) is 17.6 Å².